The number of benzene rings is 1. The Balaban J connectivity index is 1.86. The van der Waals surface area contributed by atoms with Gasteiger partial charge in [0.05, 0.1) is 0 Å². The van der Waals surface area contributed by atoms with Crippen LogP contribution in [0.15, 0.2) is 54.1 Å². The van der Waals surface area contributed by atoms with Crippen molar-refractivity contribution in [1.29, 1.82) is 0 Å². The molecular formula is C23H30O2. The molecule has 1 aliphatic rings. The van der Waals surface area contributed by atoms with Gasteiger partial charge < -0.3 is 10.2 Å². The standard InChI is InChI=1S/C23H30O2/c1-18(2)23(16-17-23)22(4,25)21(24)15-9-11-19(3)10-8-14-20-12-6-5-7-13-20/h5-7,10,12-13,21,24-25H,1,8,11,14,16-17H2,2-4H3/b19-10+/t21-,22-/m0/s1. The van der Waals surface area contributed by atoms with Crippen LogP contribution >= 0.6 is 0 Å². The third-order valence-corrected chi connectivity index (χ3v) is 5.44. The van der Waals surface area contributed by atoms with E-state index >= 15 is 0 Å². The van der Waals surface area contributed by atoms with E-state index in [0.717, 1.165) is 31.3 Å². The molecule has 1 aromatic carbocycles. The Labute approximate surface area is 152 Å². The molecule has 0 aromatic heterocycles. The molecule has 0 bridgehead atoms. The van der Waals surface area contributed by atoms with Crippen LogP contribution in [0.25, 0.3) is 0 Å². The molecule has 0 radical (unpaired) electrons. The van der Waals surface area contributed by atoms with E-state index < -0.39 is 11.7 Å². The number of allylic oxidation sites excluding steroid dienone is 2. The highest BCUT2D eigenvalue weighted by Crippen LogP contribution is 2.59. The number of hydrogen-bond donors (Lipinski definition) is 2. The Bertz CT molecular complexity index is 682. The minimum Gasteiger partial charge on any atom is -0.385 e. The third kappa shape index (κ3) is 4.63. The van der Waals surface area contributed by atoms with Gasteiger partial charge in [0.1, 0.15) is 11.7 Å². The Morgan fingerprint density at radius 2 is 1.96 bits per heavy atom. The maximum absolute atomic E-state index is 10.7. The molecule has 0 unspecified atom stereocenters. The molecule has 1 saturated carbocycles. The van der Waals surface area contributed by atoms with Gasteiger partial charge in [-0.2, -0.15) is 0 Å². The Morgan fingerprint density at radius 1 is 1.32 bits per heavy atom. The van der Waals surface area contributed by atoms with Gasteiger partial charge in [-0.3, -0.25) is 0 Å². The smallest absolute Gasteiger partial charge is 0.143 e. The summed E-state index contributed by atoms with van der Waals surface area (Å²) >= 11 is 0. The van der Waals surface area contributed by atoms with E-state index in [-0.39, 0.29) is 5.41 Å². The molecule has 2 rings (SSSR count). The average Bonchev–Trinajstić information content (AvgIpc) is 3.38. The van der Waals surface area contributed by atoms with Crippen LogP contribution in [0, 0.1) is 17.3 Å². The lowest BCUT2D eigenvalue weighted by atomic mass is 9.77. The summed E-state index contributed by atoms with van der Waals surface area (Å²) in [4.78, 5) is 0. The summed E-state index contributed by atoms with van der Waals surface area (Å²) in [5, 5.41) is 21.1. The molecule has 2 atom stereocenters. The first-order valence-electron chi connectivity index (χ1n) is 9.04. The van der Waals surface area contributed by atoms with Crippen molar-refractivity contribution in [3.63, 3.8) is 0 Å². The van der Waals surface area contributed by atoms with Crippen LogP contribution in [0.4, 0.5) is 0 Å². The molecule has 2 N–H and O–H groups in total. The zero-order valence-corrected chi connectivity index (χ0v) is 15.7. The third-order valence-electron chi connectivity index (χ3n) is 5.44. The number of hydrogen-bond acceptors (Lipinski definition) is 2. The molecule has 1 fully saturated rings. The van der Waals surface area contributed by atoms with Gasteiger partial charge >= 0.3 is 0 Å². The zero-order chi connectivity index (χ0) is 18.5. The second-order valence-corrected chi connectivity index (χ2v) is 7.49. The largest absolute Gasteiger partial charge is 0.385 e. The summed E-state index contributed by atoms with van der Waals surface area (Å²) < 4.78 is 0. The normalized spacial score (nSPS) is 19.3. The van der Waals surface area contributed by atoms with Gasteiger partial charge in [-0.05, 0) is 52.0 Å². The summed E-state index contributed by atoms with van der Waals surface area (Å²) in [5.74, 6) is 5.86. The second-order valence-electron chi connectivity index (χ2n) is 7.49. The summed E-state index contributed by atoms with van der Waals surface area (Å²) in [6.45, 7) is 9.63. The predicted molar refractivity (Wildman–Crippen MR) is 104 cm³/mol. The highest BCUT2D eigenvalue weighted by atomic mass is 16.3. The van der Waals surface area contributed by atoms with Crippen LogP contribution in [0.3, 0.4) is 0 Å². The molecule has 1 aromatic rings. The lowest BCUT2D eigenvalue weighted by Crippen LogP contribution is -2.47. The molecule has 0 spiro atoms. The van der Waals surface area contributed by atoms with E-state index in [1.165, 1.54) is 11.1 Å². The number of aliphatic hydroxyl groups excluding tert-OH is 1. The predicted octanol–water partition coefficient (Wildman–Crippen LogP) is 4.43. The Hall–Kier alpha value is -1.82. The lowest BCUT2D eigenvalue weighted by molar-refractivity contribution is -0.0760. The van der Waals surface area contributed by atoms with Crippen molar-refractivity contribution in [2.24, 2.45) is 5.41 Å². The van der Waals surface area contributed by atoms with Gasteiger partial charge in [-0.25, -0.2) is 0 Å². The number of aryl methyl sites for hydroxylation is 1. The van der Waals surface area contributed by atoms with Crippen LogP contribution in [0.1, 0.15) is 52.0 Å². The molecule has 0 amide bonds. The van der Waals surface area contributed by atoms with Crippen molar-refractivity contribution >= 4 is 0 Å². The van der Waals surface area contributed by atoms with E-state index in [9.17, 15) is 10.2 Å². The molecule has 0 saturated heterocycles. The number of aliphatic hydroxyl groups is 2. The van der Waals surface area contributed by atoms with E-state index in [1.54, 1.807) is 6.92 Å². The van der Waals surface area contributed by atoms with Gasteiger partial charge in [0.25, 0.3) is 0 Å². The molecule has 2 nitrogen and oxygen atoms in total. The summed E-state index contributed by atoms with van der Waals surface area (Å²) in [7, 11) is 0. The molecule has 134 valence electrons. The van der Waals surface area contributed by atoms with E-state index in [2.05, 4.69) is 55.7 Å². The van der Waals surface area contributed by atoms with Crippen LogP contribution in [-0.2, 0) is 6.42 Å². The maximum Gasteiger partial charge on any atom is 0.143 e. The average molecular weight is 338 g/mol. The minimum atomic E-state index is -1.24. The first-order chi connectivity index (χ1) is 11.8. The second kappa shape index (κ2) is 8.04. The van der Waals surface area contributed by atoms with Gasteiger partial charge in [-0.15, -0.1) is 0 Å². The molecule has 2 heteroatoms. The lowest BCUT2D eigenvalue weighted by Gasteiger charge is -2.35. The van der Waals surface area contributed by atoms with Crippen molar-refractivity contribution in [3.8, 4) is 11.8 Å². The Morgan fingerprint density at radius 3 is 2.52 bits per heavy atom. The van der Waals surface area contributed by atoms with E-state index in [1.807, 2.05) is 13.0 Å². The molecule has 0 aliphatic heterocycles. The fourth-order valence-corrected chi connectivity index (χ4v) is 3.38. The monoisotopic (exact) mass is 338 g/mol. The molecule has 0 heterocycles. The van der Waals surface area contributed by atoms with Crippen molar-refractivity contribution in [2.45, 2.75) is 64.6 Å². The van der Waals surface area contributed by atoms with E-state index in [4.69, 9.17) is 0 Å². The van der Waals surface area contributed by atoms with Crippen molar-refractivity contribution in [3.05, 3.63) is 59.7 Å². The van der Waals surface area contributed by atoms with E-state index in [0.29, 0.717) is 6.42 Å². The van der Waals surface area contributed by atoms with Crippen LogP contribution in [-0.4, -0.2) is 21.9 Å². The van der Waals surface area contributed by atoms with Gasteiger partial charge in [-0.1, -0.05) is 66.0 Å². The SMILES string of the molecule is C=C(C)C1([C@@](C)(O)[C@@H](O)C#CC/C(C)=C/CCc2ccccc2)CC1. The maximum atomic E-state index is 10.7. The highest BCUT2D eigenvalue weighted by Gasteiger charge is 2.59. The summed E-state index contributed by atoms with van der Waals surface area (Å²) in [6.07, 6.45) is 5.49. The summed E-state index contributed by atoms with van der Waals surface area (Å²) in [5.41, 5.74) is 1.84. The van der Waals surface area contributed by atoms with Crippen molar-refractivity contribution in [1.82, 2.24) is 0 Å². The van der Waals surface area contributed by atoms with Crippen LogP contribution in [0.5, 0.6) is 0 Å². The fourth-order valence-electron chi connectivity index (χ4n) is 3.38. The van der Waals surface area contributed by atoms with Gasteiger partial charge in [0, 0.05) is 11.8 Å². The first kappa shape index (κ1) is 19.5. The van der Waals surface area contributed by atoms with Crippen molar-refractivity contribution in [2.75, 3.05) is 0 Å². The highest BCUT2D eigenvalue weighted by molar-refractivity contribution is 5.29. The van der Waals surface area contributed by atoms with Gasteiger partial charge in [0.15, 0.2) is 0 Å². The molecular weight excluding hydrogens is 308 g/mol. The molecule has 1 aliphatic carbocycles. The molecule has 25 heavy (non-hydrogen) atoms. The minimum absolute atomic E-state index is 0.373. The fraction of sp³-hybridized carbons (Fsp3) is 0.478. The Kier molecular flexibility index (Phi) is 6.27. The zero-order valence-electron chi connectivity index (χ0n) is 15.7. The topological polar surface area (TPSA) is 40.5 Å². The number of rotatable bonds is 7. The van der Waals surface area contributed by atoms with Crippen molar-refractivity contribution < 1.29 is 10.2 Å². The van der Waals surface area contributed by atoms with Crippen LogP contribution in [0.2, 0.25) is 0 Å². The van der Waals surface area contributed by atoms with Gasteiger partial charge in [0.2, 0.25) is 0 Å². The first-order valence-corrected chi connectivity index (χ1v) is 9.04. The summed E-state index contributed by atoms with van der Waals surface area (Å²) in [6, 6.07) is 10.4. The quantitative estimate of drug-likeness (QED) is 0.570. The van der Waals surface area contributed by atoms with Crippen LogP contribution < -0.4 is 0 Å².